The van der Waals surface area contributed by atoms with Gasteiger partial charge in [0.2, 0.25) is 0 Å². The van der Waals surface area contributed by atoms with Gasteiger partial charge in [-0.3, -0.25) is 9.59 Å². The van der Waals surface area contributed by atoms with E-state index in [1.165, 1.54) is 29.8 Å². The second-order valence-corrected chi connectivity index (χ2v) is 5.07. The number of carboxylic acid groups (broad SMARTS) is 1. The molecule has 2 aromatic rings. The van der Waals surface area contributed by atoms with Gasteiger partial charge in [-0.1, -0.05) is 0 Å². The van der Waals surface area contributed by atoms with Gasteiger partial charge in [0.1, 0.15) is 6.42 Å². The molecule has 0 fully saturated rings. The summed E-state index contributed by atoms with van der Waals surface area (Å²) in [7, 11) is 1.27. The van der Waals surface area contributed by atoms with E-state index in [-0.39, 0.29) is 12.2 Å². The van der Waals surface area contributed by atoms with Crippen molar-refractivity contribution < 1.29 is 24.2 Å². The largest absolute Gasteiger partial charge is 0.478 e. The molecule has 5 nitrogen and oxygen atoms in total. The first-order valence-electron chi connectivity index (χ1n) is 5.42. The molecule has 0 amide bonds. The molecule has 7 heteroatoms. The van der Waals surface area contributed by atoms with Gasteiger partial charge in [-0.05, 0) is 22.9 Å². The first kappa shape index (κ1) is 16.1. The lowest BCUT2D eigenvalue weighted by atomic mass is 10.2. The smallest absolute Gasteiger partial charge is 0.336 e. The van der Waals surface area contributed by atoms with Crippen molar-refractivity contribution in [2.75, 3.05) is 7.11 Å². The molecule has 0 radical (unpaired) electrons. The minimum atomic E-state index is -0.855. The van der Waals surface area contributed by atoms with Crippen LogP contribution in [0.3, 0.4) is 0 Å². The van der Waals surface area contributed by atoms with Gasteiger partial charge >= 0.3 is 11.9 Å². The third-order valence-electron chi connectivity index (χ3n) is 2.14. The number of carbonyl (C=O) groups is 3. The average Bonchev–Trinajstić information content (AvgIpc) is 3.12. The van der Waals surface area contributed by atoms with Crippen molar-refractivity contribution in [1.82, 2.24) is 0 Å². The molecule has 1 N–H and O–H groups in total. The van der Waals surface area contributed by atoms with Gasteiger partial charge < -0.3 is 9.84 Å². The van der Waals surface area contributed by atoms with Crippen LogP contribution in [0, 0.1) is 0 Å². The molecule has 2 aromatic heterocycles. The average molecular weight is 312 g/mol. The molecule has 106 valence electrons. The molecule has 0 aromatic carbocycles. The highest BCUT2D eigenvalue weighted by Crippen LogP contribution is 2.08. The van der Waals surface area contributed by atoms with Crippen LogP contribution in [-0.4, -0.2) is 29.9 Å². The van der Waals surface area contributed by atoms with Gasteiger partial charge in [0, 0.05) is 16.3 Å². The van der Waals surface area contributed by atoms with Crippen LogP contribution in [-0.2, 0) is 9.53 Å². The zero-order valence-electron chi connectivity index (χ0n) is 10.6. The molecule has 0 aliphatic heterocycles. The molecule has 0 aliphatic carbocycles. The number of esters is 1. The Bertz CT molecular complexity index is 558. The quantitative estimate of drug-likeness (QED) is 0.533. The minimum absolute atomic E-state index is 0.173. The highest BCUT2D eigenvalue weighted by atomic mass is 32.1. The normalized spacial score (nSPS) is 9.25. The first-order chi connectivity index (χ1) is 9.54. The standard InChI is InChI=1S/C8H8O3S.C5H4O2S/c1-11-8(10)4-7(9)6-2-3-12-5-6;6-5(7)4-1-2-8-3-4/h2-3,5H,4H2,1H3;1-3H,(H,6,7). The zero-order chi connectivity index (χ0) is 15.0. The summed E-state index contributed by atoms with van der Waals surface area (Å²) in [6.07, 6.45) is -0.173. The molecule has 0 unspecified atom stereocenters. The molecular formula is C13H12O5S2. The van der Waals surface area contributed by atoms with E-state index in [0.717, 1.165) is 0 Å². The van der Waals surface area contributed by atoms with E-state index in [9.17, 15) is 14.4 Å². The van der Waals surface area contributed by atoms with Gasteiger partial charge in [-0.25, -0.2) is 4.79 Å². The topological polar surface area (TPSA) is 80.7 Å². The van der Waals surface area contributed by atoms with Crippen LogP contribution in [0.4, 0.5) is 0 Å². The van der Waals surface area contributed by atoms with Gasteiger partial charge in [-0.2, -0.15) is 22.7 Å². The Labute approximate surface area is 123 Å². The molecule has 0 saturated carbocycles. The van der Waals surface area contributed by atoms with Crippen LogP contribution in [0.1, 0.15) is 27.1 Å². The summed E-state index contributed by atoms with van der Waals surface area (Å²) >= 11 is 2.82. The Morgan fingerprint density at radius 1 is 1.10 bits per heavy atom. The minimum Gasteiger partial charge on any atom is -0.478 e. The third-order valence-corrected chi connectivity index (χ3v) is 3.51. The fourth-order valence-electron chi connectivity index (χ4n) is 1.11. The summed E-state index contributed by atoms with van der Waals surface area (Å²) in [6, 6.07) is 3.27. The lowest BCUT2D eigenvalue weighted by molar-refractivity contribution is -0.139. The Kier molecular flexibility index (Phi) is 6.61. The molecule has 2 heterocycles. The summed E-state index contributed by atoms with van der Waals surface area (Å²) in [5.74, 6) is -1.54. The number of hydrogen-bond donors (Lipinski definition) is 1. The molecule has 0 aliphatic rings. The van der Waals surface area contributed by atoms with Crippen molar-refractivity contribution >= 4 is 40.4 Å². The number of ketones is 1. The van der Waals surface area contributed by atoms with Crippen LogP contribution in [0.15, 0.2) is 33.7 Å². The van der Waals surface area contributed by atoms with Gasteiger partial charge in [-0.15, -0.1) is 0 Å². The highest BCUT2D eigenvalue weighted by molar-refractivity contribution is 7.08. The first-order valence-corrected chi connectivity index (χ1v) is 7.31. The molecule has 0 spiro atoms. The van der Waals surface area contributed by atoms with E-state index in [1.54, 1.807) is 33.7 Å². The fourth-order valence-corrected chi connectivity index (χ4v) is 2.40. The van der Waals surface area contributed by atoms with Crippen LogP contribution >= 0.6 is 22.7 Å². The maximum absolute atomic E-state index is 11.2. The number of Topliss-reactive ketones (excluding diaryl/α,β-unsaturated/α-hetero) is 1. The lowest BCUT2D eigenvalue weighted by Crippen LogP contribution is -2.08. The molecule has 0 atom stereocenters. The van der Waals surface area contributed by atoms with Crippen LogP contribution in [0.5, 0.6) is 0 Å². The third kappa shape index (κ3) is 5.33. The summed E-state index contributed by atoms with van der Waals surface area (Å²) in [5, 5.41) is 15.1. The van der Waals surface area contributed by atoms with Crippen molar-refractivity contribution in [3.63, 3.8) is 0 Å². The number of thiophene rings is 2. The molecule has 0 saturated heterocycles. The van der Waals surface area contributed by atoms with Gasteiger partial charge in [0.25, 0.3) is 0 Å². The van der Waals surface area contributed by atoms with E-state index in [2.05, 4.69) is 4.74 Å². The second kappa shape index (κ2) is 8.23. The molecule has 2 rings (SSSR count). The Morgan fingerprint density at radius 3 is 2.00 bits per heavy atom. The molecular weight excluding hydrogens is 300 g/mol. The number of methoxy groups -OCH3 is 1. The number of carbonyl (C=O) groups excluding carboxylic acids is 2. The van der Waals surface area contributed by atoms with E-state index in [4.69, 9.17) is 5.11 Å². The molecule has 0 bridgehead atoms. The monoisotopic (exact) mass is 312 g/mol. The van der Waals surface area contributed by atoms with Crippen molar-refractivity contribution in [1.29, 1.82) is 0 Å². The number of rotatable bonds is 4. The number of hydrogen-bond acceptors (Lipinski definition) is 6. The fraction of sp³-hybridized carbons (Fsp3) is 0.154. The van der Waals surface area contributed by atoms with Crippen molar-refractivity contribution in [2.45, 2.75) is 6.42 Å². The maximum atomic E-state index is 11.2. The number of carboxylic acids is 1. The Hall–Kier alpha value is -1.99. The molecule has 20 heavy (non-hydrogen) atoms. The zero-order valence-corrected chi connectivity index (χ0v) is 12.2. The van der Waals surface area contributed by atoms with Crippen LogP contribution in [0.25, 0.3) is 0 Å². The van der Waals surface area contributed by atoms with E-state index in [1.807, 2.05) is 0 Å². The van der Waals surface area contributed by atoms with Crippen LogP contribution in [0.2, 0.25) is 0 Å². The van der Waals surface area contributed by atoms with Gasteiger partial charge in [0.05, 0.1) is 12.7 Å². The summed E-state index contributed by atoms with van der Waals surface area (Å²) in [5.41, 5.74) is 0.945. The van der Waals surface area contributed by atoms with Crippen LogP contribution < -0.4 is 0 Å². The Balaban J connectivity index is 0.000000217. The lowest BCUT2D eigenvalue weighted by Gasteiger charge is -1.95. The summed E-state index contributed by atoms with van der Waals surface area (Å²) in [6.45, 7) is 0. The van der Waals surface area contributed by atoms with E-state index >= 15 is 0 Å². The second-order valence-electron chi connectivity index (χ2n) is 3.51. The number of ether oxygens (including phenoxy) is 1. The SMILES string of the molecule is COC(=O)CC(=O)c1ccsc1.O=C(O)c1ccsc1. The summed E-state index contributed by atoms with van der Waals surface area (Å²) < 4.78 is 4.36. The van der Waals surface area contributed by atoms with Crippen molar-refractivity contribution in [2.24, 2.45) is 0 Å². The predicted molar refractivity (Wildman–Crippen MR) is 76.6 cm³/mol. The Morgan fingerprint density at radius 2 is 1.65 bits per heavy atom. The maximum Gasteiger partial charge on any atom is 0.336 e. The number of aromatic carboxylic acids is 1. The predicted octanol–water partition coefficient (Wildman–Crippen LogP) is 2.94. The van der Waals surface area contributed by atoms with Gasteiger partial charge in [0.15, 0.2) is 5.78 Å². The van der Waals surface area contributed by atoms with E-state index < -0.39 is 11.9 Å². The highest BCUT2D eigenvalue weighted by Gasteiger charge is 2.11. The van der Waals surface area contributed by atoms with Crippen molar-refractivity contribution in [3.8, 4) is 0 Å². The van der Waals surface area contributed by atoms with E-state index in [0.29, 0.717) is 11.1 Å². The summed E-state index contributed by atoms with van der Waals surface area (Å²) in [4.78, 5) is 31.9. The van der Waals surface area contributed by atoms with Crippen molar-refractivity contribution in [3.05, 3.63) is 44.8 Å².